The number of H-pyrrole nitrogens is 1. The van der Waals surface area contributed by atoms with Crippen LogP contribution >= 0.6 is 0 Å². The third kappa shape index (κ3) is 3.42. The predicted molar refractivity (Wildman–Crippen MR) is 69.2 cm³/mol. The van der Waals surface area contributed by atoms with Gasteiger partial charge in [-0.3, -0.25) is 4.79 Å². The summed E-state index contributed by atoms with van der Waals surface area (Å²) in [5.41, 5.74) is 0.959. The fraction of sp³-hybridized carbons (Fsp3) is 0.714. The Morgan fingerprint density at radius 1 is 1.35 bits per heavy atom. The van der Waals surface area contributed by atoms with Gasteiger partial charge in [-0.15, -0.1) is 0 Å². The van der Waals surface area contributed by atoms with Crippen molar-refractivity contribution in [1.29, 1.82) is 0 Å². The first kappa shape index (κ1) is 12.3. The summed E-state index contributed by atoms with van der Waals surface area (Å²) in [7, 11) is 0. The number of rotatable bonds is 3. The van der Waals surface area contributed by atoms with Gasteiger partial charge in [-0.25, -0.2) is 4.98 Å². The summed E-state index contributed by atoms with van der Waals surface area (Å²) in [5, 5.41) is 0. The van der Waals surface area contributed by atoms with Crippen LogP contribution in [0.15, 0.2) is 10.9 Å². The second-order valence-corrected chi connectivity index (χ2v) is 5.55. The molecule has 17 heavy (non-hydrogen) atoms. The lowest BCUT2D eigenvalue weighted by Gasteiger charge is -2.21. The molecule has 1 heterocycles. The van der Waals surface area contributed by atoms with Crippen molar-refractivity contribution in [3.05, 3.63) is 27.9 Å². The Kier molecular flexibility index (Phi) is 3.97. The van der Waals surface area contributed by atoms with Crippen molar-refractivity contribution in [2.24, 2.45) is 5.92 Å². The summed E-state index contributed by atoms with van der Waals surface area (Å²) in [4.78, 5) is 19.2. The summed E-state index contributed by atoms with van der Waals surface area (Å²) in [6, 6.07) is 1.65. The van der Waals surface area contributed by atoms with Gasteiger partial charge in [0.1, 0.15) is 5.82 Å². The van der Waals surface area contributed by atoms with Gasteiger partial charge >= 0.3 is 0 Å². The van der Waals surface area contributed by atoms with Crippen LogP contribution < -0.4 is 5.56 Å². The van der Waals surface area contributed by atoms with Crippen LogP contribution in [0.4, 0.5) is 0 Å². The quantitative estimate of drug-likeness (QED) is 0.873. The molecule has 2 rings (SSSR count). The highest BCUT2D eigenvalue weighted by Crippen LogP contribution is 2.30. The Balaban J connectivity index is 2.21. The molecule has 0 unspecified atom stereocenters. The standard InChI is InChI=1S/C14H22N2O/c1-10(2)8-12-9-13(17)16-14(15-12)11-6-4-3-5-7-11/h9-11H,3-8H2,1-2H3,(H,15,16,17). The Bertz CT molecular complexity index is 416. The van der Waals surface area contributed by atoms with Crippen LogP contribution in [0.3, 0.4) is 0 Å². The summed E-state index contributed by atoms with van der Waals surface area (Å²) in [6.07, 6.45) is 7.10. The molecular weight excluding hydrogens is 212 g/mol. The van der Waals surface area contributed by atoms with E-state index in [1.165, 1.54) is 32.1 Å². The molecule has 0 spiro atoms. The van der Waals surface area contributed by atoms with E-state index >= 15 is 0 Å². The first-order chi connectivity index (χ1) is 8.15. The van der Waals surface area contributed by atoms with Gasteiger partial charge in [-0.05, 0) is 25.2 Å². The molecule has 1 saturated carbocycles. The highest BCUT2D eigenvalue weighted by Gasteiger charge is 2.18. The number of hydrogen-bond donors (Lipinski definition) is 1. The van der Waals surface area contributed by atoms with E-state index in [-0.39, 0.29) is 5.56 Å². The van der Waals surface area contributed by atoms with E-state index < -0.39 is 0 Å². The second-order valence-electron chi connectivity index (χ2n) is 5.55. The van der Waals surface area contributed by atoms with Gasteiger partial charge in [0.25, 0.3) is 5.56 Å². The summed E-state index contributed by atoms with van der Waals surface area (Å²) in [6.45, 7) is 4.31. The summed E-state index contributed by atoms with van der Waals surface area (Å²) < 4.78 is 0. The van der Waals surface area contributed by atoms with Crippen LogP contribution in [0.1, 0.15) is 63.4 Å². The predicted octanol–water partition coefficient (Wildman–Crippen LogP) is 3.02. The number of aromatic amines is 1. The van der Waals surface area contributed by atoms with E-state index in [1.807, 2.05) is 0 Å². The minimum atomic E-state index is 0.0104. The molecular formula is C14H22N2O. The van der Waals surface area contributed by atoms with Crippen molar-refractivity contribution in [1.82, 2.24) is 9.97 Å². The SMILES string of the molecule is CC(C)Cc1cc(=O)[nH]c(C2CCCCC2)n1. The molecule has 0 radical (unpaired) electrons. The van der Waals surface area contributed by atoms with E-state index in [0.717, 1.165) is 17.9 Å². The number of hydrogen-bond acceptors (Lipinski definition) is 2. The largest absolute Gasteiger partial charge is 0.310 e. The van der Waals surface area contributed by atoms with E-state index in [9.17, 15) is 4.79 Å². The van der Waals surface area contributed by atoms with E-state index in [4.69, 9.17) is 0 Å². The zero-order chi connectivity index (χ0) is 12.3. The molecule has 0 amide bonds. The lowest BCUT2D eigenvalue weighted by atomic mass is 9.88. The molecule has 1 N–H and O–H groups in total. The molecule has 1 aliphatic carbocycles. The number of nitrogens with zero attached hydrogens (tertiary/aromatic N) is 1. The molecule has 3 heteroatoms. The van der Waals surface area contributed by atoms with Crippen molar-refractivity contribution in [3.8, 4) is 0 Å². The van der Waals surface area contributed by atoms with Crippen LogP contribution in [-0.2, 0) is 6.42 Å². The number of nitrogens with one attached hydrogen (secondary N) is 1. The Hall–Kier alpha value is -1.12. The van der Waals surface area contributed by atoms with Crippen molar-refractivity contribution in [2.45, 2.75) is 58.3 Å². The first-order valence-electron chi connectivity index (χ1n) is 6.75. The van der Waals surface area contributed by atoms with E-state index in [0.29, 0.717) is 11.8 Å². The maximum atomic E-state index is 11.6. The van der Waals surface area contributed by atoms with Crippen molar-refractivity contribution >= 4 is 0 Å². The van der Waals surface area contributed by atoms with Gasteiger partial charge in [0.05, 0.1) is 0 Å². The number of aromatic nitrogens is 2. The molecule has 94 valence electrons. The minimum Gasteiger partial charge on any atom is -0.310 e. The topological polar surface area (TPSA) is 45.8 Å². The van der Waals surface area contributed by atoms with Gasteiger partial charge < -0.3 is 4.98 Å². The molecule has 1 aromatic heterocycles. The highest BCUT2D eigenvalue weighted by molar-refractivity contribution is 5.07. The normalized spacial score (nSPS) is 17.6. The van der Waals surface area contributed by atoms with Crippen LogP contribution in [0, 0.1) is 5.92 Å². The van der Waals surface area contributed by atoms with Gasteiger partial charge in [-0.1, -0.05) is 33.1 Å². The smallest absolute Gasteiger partial charge is 0.251 e. The van der Waals surface area contributed by atoms with Gasteiger partial charge in [0.2, 0.25) is 0 Å². The molecule has 0 bridgehead atoms. The highest BCUT2D eigenvalue weighted by atomic mass is 16.1. The fourth-order valence-electron chi connectivity index (χ4n) is 2.62. The van der Waals surface area contributed by atoms with Crippen LogP contribution in [-0.4, -0.2) is 9.97 Å². The van der Waals surface area contributed by atoms with Crippen molar-refractivity contribution in [3.63, 3.8) is 0 Å². The lowest BCUT2D eigenvalue weighted by molar-refractivity contribution is 0.426. The molecule has 0 atom stereocenters. The average Bonchev–Trinajstić information content (AvgIpc) is 2.28. The van der Waals surface area contributed by atoms with Gasteiger partial charge in [0.15, 0.2) is 0 Å². The molecule has 1 aliphatic rings. The molecule has 3 nitrogen and oxygen atoms in total. The van der Waals surface area contributed by atoms with Crippen LogP contribution in [0.25, 0.3) is 0 Å². The second kappa shape index (κ2) is 5.48. The maximum absolute atomic E-state index is 11.6. The zero-order valence-electron chi connectivity index (χ0n) is 10.8. The van der Waals surface area contributed by atoms with Crippen molar-refractivity contribution in [2.75, 3.05) is 0 Å². The van der Waals surface area contributed by atoms with Gasteiger partial charge in [0, 0.05) is 17.7 Å². The minimum absolute atomic E-state index is 0.0104. The van der Waals surface area contributed by atoms with Gasteiger partial charge in [-0.2, -0.15) is 0 Å². The maximum Gasteiger partial charge on any atom is 0.251 e. The summed E-state index contributed by atoms with van der Waals surface area (Å²) >= 11 is 0. The third-order valence-electron chi connectivity index (χ3n) is 3.42. The average molecular weight is 234 g/mol. The molecule has 0 saturated heterocycles. The van der Waals surface area contributed by atoms with Crippen LogP contribution in [0.2, 0.25) is 0 Å². The molecule has 1 aromatic rings. The monoisotopic (exact) mass is 234 g/mol. The first-order valence-corrected chi connectivity index (χ1v) is 6.75. The molecule has 0 aliphatic heterocycles. The van der Waals surface area contributed by atoms with Crippen LogP contribution in [0.5, 0.6) is 0 Å². The Morgan fingerprint density at radius 2 is 2.06 bits per heavy atom. The van der Waals surface area contributed by atoms with Crippen molar-refractivity contribution < 1.29 is 0 Å². The van der Waals surface area contributed by atoms with E-state index in [2.05, 4.69) is 23.8 Å². The van der Waals surface area contributed by atoms with E-state index in [1.54, 1.807) is 6.07 Å². The fourth-order valence-corrected chi connectivity index (χ4v) is 2.62. The Labute approximate surface area is 103 Å². The summed E-state index contributed by atoms with van der Waals surface area (Å²) in [5.74, 6) is 1.94. The third-order valence-corrected chi connectivity index (χ3v) is 3.42. The lowest BCUT2D eigenvalue weighted by Crippen LogP contribution is -2.18. The molecule has 0 aromatic carbocycles. The Morgan fingerprint density at radius 3 is 2.71 bits per heavy atom. The molecule has 1 fully saturated rings. The zero-order valence-corrected chi connectivity index (χ0v) is 10.8.